The van der Waals surface area contributed by atoms with Gasteiger partial charge in [0.05, 0.1) is 6.61 Å². The Hall–Kier alpha value is -1.64. The minimum Gasteiger partial charge on any atom is -0.465 e. The average Bonchev–Trinajstić information content (AvgIpc) is 2.71. The zero-order chi connectivity index (χ0) is 15.0. The van der Waals surface area contributed by atoms with E-state index in [1.807, 2.05) is 12.1 Å². The second-order valence-electron chi connectivity index (χ2n) is 6.65. The first kappa shape index (κ1) is 14.8. The number of cyclic esters (lactones) is 1. The standard InChI is InChI=1S/C17H22O3/c1-12(18)17(9-10-20-15(17)19)11-13-5-7-14(8-6-13)16(2,3)4/h5-8H,9-11H2,1-4H3. The molecule has 1 aromatic rings. The van der Waals surface area contributed by atoms with Gasteiger partial charge in [0.1, 0.15) is 11.2 Å². The van der Waals surface area contributed by atoms with E-state index in [4.69, 9.17) is 4.74 Å². The van der Waals surface area contributed by atoms with Crippen molar-refractivity contribution < 1.29 is 14.3 Å². The molecule has 3 nitrogen and oxygen atoms in total. The third-order valence-corrected chi connectivity index (χ3v) is 4.15. The Morgan fingerprint density at radius 3 is 2.25 bits per heavy atom. The van der Waals surface area contributed by atoms with E-state index in [0.717, 1.165) is 5.56 Å². The van der Waals surface area contributed by atoms with Gasteiger partial charge in [-0.1, -0.05) is 45.0 Å². The average molecular weight is 274 g/mol. The lowest BCUT2D eigenvalue weighted by Gasteiger charge is -2.23. The molecule has 0 radical (unpaired) electrons. The van der Waals surface area contributed by atoms with Crippen molar-refractivity contribution in [3.63, 3.8) is 0 Å². The third kappa shape index (κ3) is 2.62. The highest BCUT2D eigenvalue weighted by Gasteiger charge is 2.48. The molecule has 1 heterocycles. The number of Topliss-reactive ketones (excluding diaryl/α,β-unsaturated/α-hetero) is 1. The normalized spacial score (nSPS) is 22.7. The number of carbonyl (C=O) groups excluding carboxylic acids is 2. The molecule has 0 saturated carbocycles. The van der Waals surface area contributed by atoms with Gasteiger partial charge in [-0.3, -0.25) is 9.59 Å². The largest absolute Gasteiger partial charge is 0.465 e. The van der Waals surface area contributed by atoms with E-state index < -0.39 is 5.41 Å². The van der Waals surface area contributed by atoms with Crippen LogP contribution in [0.1, 0.15) is 45.2 Å². The van der Waals surface area contributed by atoms with Crippen LogP contribution in [-0.4, -0.2) is 18.4 Å². The zero-order valence-corrected chi connectivity index (χ0v) is 12.7. The summed E-state index contributed by atoms with van der Waals surface area (Å²) < 4.78 is 5.02. The molecule has 1 aliphatic rings. The van der Waals surface area contributed by atoms with Crippen LogP contribution in [-0.2, 0) is 26.2 Å². The summed E-state index contributed by atoms with van der Waals surface area (Å²) in [4.78, 5) is 23.8. The topological polar surface area (TPSA) is 43.4 Å². The Kier molecular flexibility index (Phi) is 3.72. The van der Waals surface area contributed by atoms with E-state index in [1.54, 1.807) is 0 Å². The predicted molar refractivity (Wildman–Crippen MR) is 77.5 cm³/mol. The van der Waals surface area contributed by atoms with Crippen molar-refractivity contribution >= 4 is 11.8 Å². The zero-order valence-electron chi connectivity index (χ0n) is 12.7. The summed E-state index contributed by atoms with van der Waals surface area (Å²) in [6.45, 7) is 8.31. The summed E-state index contributed by atoms with van der Waals surface area (Å²) in [6, 6.07) is 8.17. The Morgan fingerprint density at radius 1 is 1.25 bits per heavy atom. The number of hydrogen-bond donors (Lipinski definition) is 0. The number of rotatable bonds is 3. The van der Waals surface area contributed by atoms with Crippen LogP contribution in [0.25, 0.3) is 0 Å². The smallest absolute Gasteiger partial charge is 0.320 e. The number of hydrogen-bond acceptors (Lipinski definition) is 3. The number of carbonyl (C=O) groups is 2. The molecule has 0 N–H and O–H groups in total. The molecular weight excluding hydrogens is 252 g/mol. The highest BCUT2D eigenvalue weighted by Crippen LogP contribution is 2.35. The molecule has 1 unspecified atom stereocenters. The molecule has 1 atom stereocenters. The van der Waals surface area contributed by atoms with Gasteiger partial charge in [0.2, 0.25) is 0 Å². The monoisotopic (exact) mass is 274 g/mol. The minimum atomic E-state index is -0.969. The first-order chi connectivity index (χ1) is 9.25. The van der Waals surface area contributed by atoms with Crippen molar-refractivity contribution in [2.24, 2.45) is 5.41 Å². The van der Waals surface area contributed by atoms with Gasteiger partial charge in [-0.15, -0.1) is 0 Å². The first-order valence-electron chi connectivity index (χ1n) is 7.03. The maximum absolute atomic E-state index is 11.9. The molecule has 0 aliphatic carbocycles. The van der Waals surface area contributed by atoms with E-state index in [-0.39, 0.29) is 17.2 Å². The predicted octanol–water partition coefficient (Wildman–Crippen LogP) is 3.05. The Balaban J connectivity index is 2.25. The molecule has 1 fully saturated rings. The van der Waals surface area contributed by atoms with E-state index in [9.17, 15) is 9.59 Å². The maximum Gasteiger partial charge on any atom is 0.320 e. The third-order valence-electron chi connectivity index (χ3n) is 4.15. The van der Waals surface area contributed by atoms with Gasteiger partial charge < -0.3 is 4.74 Å². The Bertz CT molecular complexity index is 522. The highest BCUT2D eigenvalue weighted by atomic mass is 16.5. The number of ether oxygens (including phenoxy) is 1. The second-order valence-corrected chi connectivity index (χ2v) is 6.65. The van der Waals surface area contributed by atoms with Crippen molar-refractivity contribution in [2.75, 3.05) is 6.61 Å². The molecule has 0 aromatic heterocycles. The van der Waals surface area contributed by atoms with Crippen molar-refractivity contribution in [1.82, 2.24) is 0 Å². The van der Waals surface area contributed by atoms with E-state index in [0.29, 0.717) is 19.4 Å². The lowest BCUT2D eigenvalue weighted by atomic mass is 9.76. The van der Waals surface area contributed by atoms with Gasteiger partial charge in [0.15, 0.2) is 0 Å². The van der Waals surface area contributed by atoms with Crippen molar-refractivity contribution in [3.05, 3.63) is 35.4 Å². The minimum absolute atomic E-state index is 0.0973. The molecule has 0 bridgehead atoms. The van der Waals surface area contributed by atoms with Gasteiger partial charge in [-0.2, -0.15) is 0 Å². The maximum atomic E-state index is 11.9. The van der Waals surface area contributed by atoms with Crippen LogP contribution in [0.15, 0.2) is 24.3 Å². The Morgan fingerprint density at radius 2 is 1.85 bits per heavy atom. The van der Waals surface area contributed by atoms with E-state index >= 15 is 0 Å². The molecule has 0 spiro atoms. The van der Waals surface area contributed by atoms with Crippen LogP contribution in [0, 0.1) is 5.41 Å². The van der Waals surface area contributed by atoms with Crippen LogP contribution >= 0.6 is 0 Å². The number of benzene rings is 1. The summed E-state index contributed by atoms with van der Waals surface area (Å²) >= 11 is 0. The second kappa shape index (κ2) is 5.04. The van der Waals surface area contributed by atoms with Crippen LogP contribution in [0.4, 0.5) is 0 Å². The lowest BCUT2D eigenvalue weighted by molar-refractivity contribution is -0.150. The van der Waals surface area contributed by atoms with E-state index in [1.165, 1.54) is 12.5 Å². The molecule has 2 rings (SSSR count). The molecular formula is C17H22O3. The van der Waals surface area contributed by atoms with Crippen LogP contribution in [0.3, 0.4) is 0 Å². The molecule has 1 saturated heterocycles. The number of ketones is 1. The van der Waals surface area contributed by atoms with Crippen LogP contribution in [0.5, 0.6) is 0 Å². The fourth-order valence-electron chi connectivity index (χ4n) is 2.63. The molecule has 1 aromatic carbocycles. The van der Waals surface area contributed by atoms with Gasteiger partial charge in [-0.05, 0) is 29.9 Å². The molecule has 3 heteroatoms. The summed E-state index contributed by atoms with van der Waals surface area (Å²) in [6.07, 6.45) is 0.924. The fraction of sp³-hybridized carbons (Fsp3) is 0.529. The summed E-state index contributed by atoms with van der Waals surface area (Å²) in [5.74, 6) is -0.468. The first-order valence-corrected chi connectivity index (χ1v) is 7.03. The van der Waals surface area contributed by atoms with Crippen LogP contribution in [0.2, 0.25) is 0 Å². The van der Waals surface area contributed by atoms with Crippen molar-refractivity contribution in [3.8, 4) is 0 Å². The summed E-state index contributed by atoms with van der Waals surface area (Å²) in [7, 11) is 0. The van der Waals surface area contributed by atoms with Crippen molar-refractivity contribution in [2.45, 2.75) is 46.0 Å². The molecule has 1 aliphatic heterocycles. The Labute approximate surface area is 120 Å². The highest BCUT2D eigenvalue weighted by molar-refractivity contribution is 6.04. The quantitative estimate of drug-likeness (QED) is 0.628. The van der Waals surface area contributed by atoms with Crippen molar-refractivity contribution in [1.29, 1.82) is 0 Å². The van der Waals surface area contributed by atoms with Gasteiger partial charge >= 0.3 is 5.97 Å². The molecule has 20 heavy (non-hydrogen) atoms. The lowest BCUT2D eigenvalue weighted by Crippen LogP contribution is -2.36. The van der Waals surface area contributed by atoms with Gasteiger partial charge in [0, 0.05) is 6.42 Å². The number of esters is 1. The molecule has 108 valence electrons. The summed E-state index contributed by atoms with van der Waals surface area (Å²) in [5, 5.41) is 0. The summed E-state index contributed by atoms with van der Waals surface area (Å²) in [5.41, 5.74) is 1.38. The van der Waals surface area contributed by atoms with E-state index in [2.05, 4.69) is 32.9 Å². The fourth-order valence-corrected chi connectivity index (χ4v) is 2.63. The van der Waals surface area contributed by atoms with Gasteiger partial charge in [-0.25, -0.2) is 0 Å². The molecule has 0 amide bonds. The van der Waals surface area contributed by atoms with Crippen LogP contribution < -0.4 is 0 Å². The SMILES string of the molecule is CC(=O)C1(Cc2ccc(C(C)(C)C)cc2)CCOC1=O. The van der Waals surface area contributed by atoms with Gasteiger partial charge in [0.25, 0.3) is 0 Å².